The molecule has 8 heteroatoms. The molecule has 0 aliphatic carbocycles. The highest BCUT2D eigenvalue weighted by Gasteiger charge is 2.17. The molecule has 1 heterocycles. The Hall–Kier alpha value is -2.61. The third kappa shape index (κ3) is 4.51. The van der Waals surface area contributed by atoms with Crippen molar-refractivity contribution in [2.24, 2.45) is 0 Å². The molecule has 3 rings (SSSR count). The lowest BCUT2D eigenvalue weighted by Crippen LogP contribution is -2.23. The molecule has 6 nitrogen and oxygen atoms in total. The molecule has 0 fully saturated rings. The van der Waals surface area contributed by atoms with Crippen LogP contribution in [0.2, 0.25) is 5.02 Å². The zero-order valence-electron chi connectivity index (χ0n) is 13.5. The van der Waals surface area contributed by atoms with E-state index in [1.165, 1.54) is 30.5 Å². The first-order valence-corrected chi connectivity index (χ1v) is 9.49. The van der Waals surface area contributed by atoms with Gasteiger partial charge >= 0.3 is 0 Å². The minimum atomic E-state index is -3.78. The fourth-order valence-corrected chi connectivity index (χ4v) is 3.47. The summed E-state index contributed by atoms with van der Waals surface area (Å²) in [5.41, 5.74) is 0.734. The van der Waals surface area contributed by atoms with Gasteiger partial charge < -0.3 is 9.73 Å². The van der Waals surface area contributed by atoms with E-state index in [2.05, 4.69) is 10.0 Å². The zero-order valence-corrected chi connectivity index (χ0v) is 15.0. The molecule has 0 saturated carbocycles. The predicted octanol–water partition coefficient (Wildman–Crippen LogP) is 3.66. The Bertz CT molecular complexity index is 1020. The van der Waals surface area contributed by atoms with Gasteiger partial charge in [0.15, 0.2) is 0 Å². The van der Waals surface area contributed by atoms with E-state index in [-0.39, 0.29) is 17.0 Å². The number of nitrogens with one attached hydrogen (secondary N) is 2. The lowest BCUT2D eigenvalue weighted by Gasteiger charge is -2.09. The van der Waals surface area contributed by atoms with Crippen LogP contribution >= 0.6 is 11.6 Å². The molecule has 0 aliphatic heterocycles. The molecule has 0 unspecified atom stereocenters. The van der Waals surface area contributed by atoms with Gasteiger partial charge in [0.1, 0.15) is 5.76 Å². The van der Waals surface area contributed by atoms with Gasteiger partial charge in [0.2, 0.25) is 10.0 Å². The molecule has 134 valence electrons. The number of anilines is 1. The maximum absolute atomic E-state index is 12.4. The van der Waals surface area contributed by atoms with Crippen molar-refractivity contribution in [3.05, 3.63) is 83.3 Å². The highest BCUT2D eigenvalue weighted by Crippen LogP contribution is 2.17. The molecular formula is C18H15ClN2O4S. The van der Waals surface area contributed by atoms with Crippen molar-refractivity contribution in [2.75, 3.05) is 5.32 Å². The summed E-state index contributed by atoms with van der Waals surface area (Å²) >= 11 is 5.89. The Morgan fingerprint density at radius 1 is 1.04 bits per heavy atom. The molecule has 3 aromatic rings. The third-order valence-corrected chi connectivity index (χ3v) is 5.14. The van der Waals surface area contributed by atoms with Gasteiger partial charge in [0, 0.05) is 16.3 Å². The Morgan fingerprint density at radius 2 is 1.85 bits per heavy atom. The topological polar surface area (TPSA) is 88.4 Å². The first kappa shape index (κ1) is 18.2. The van der Waals surface area contributed by atoms with Crippen LogP contribution in [-0.4, -0.2) is 14.3 Å². The lowest BCUT2D eigenvalue weighted by atomic mass is 10.2. The van der Waals surface area contributed by atoms with Crippen LogP contribution in [0.4, 0.5) is 5.69 Å². The van der Waals surface area contributed by atoms with E-state index in [1.54, 1.807) is 36.4 Å². The second-order valence-electron chi connectivity index (χ2n) is 5.40. The monoisotopic (exact) mass is 390 g/mol. The Kier molecular flexibility index (Phi) is 5.41. The first-order chi connectivity index (χ1) is 12.4. The van der Waals surface area contributed by atoms with Gasteiger partial charge in [0.05, 0.1) is 17.7 Å². The number of hydrogen-bond donors (Lipinski definition) is 2. The Labute approximate surface area is 155 Å². The standard InChI is InChI=1S/C18H15ClN2O4S/c19-14-5-2-6-15(11-14)21-18(22)13-4-1-8-17(10-13)26(23,24)20-12-16-7-3-9-25-16/h1-11,20H,12H2,(H,21,22). The van der Waals surface area contributed by atoms with Gasteiger partial charge in [-0.15, -0.1) is 0 Å². The minimum Gasteiger partial charge on any atom is -0.468 e. The highest BCUT2D eigenvalue weighted by molar-refractivity contribution is 7.89. The number of rotatable bonds is 6. The zero-order chi connectivity index (χ0) is 18.6. The summed E-state index contributed by atoms with van der Waals surface area (Å²) in [7, 11) is -3.78. The fourth-order valence-electron chi connectivity index (χ4n) is 2.24. The summed E-state index contributed by atoms with van der Waals surface area (Å²) in [6, 6.07) is 15.8. The number of hydrogen-bond acceptors (Lipinski definition) is 4. The molecule has 26 heavy (non-hydrogen) atoms. The predicted molar refractivity (Wildman–Crippen MR) is 98.6 cm³/mol. The molecule has 0 radical (unpaired) electrons. The number of sulfonamides is 1. The van der Waals surface area contributed by atoms with Crippen molar-refractivity contribution in [3.63, 3.8) is 0 Å². The highest BCUT2D eigenvalue weighted by atomic mass is 35.5. The first-order valence-electron chi connectivity index (χ1n) is 7.63. The average Bonchev–Trinajstić information content (AvgIpc) is 3.14. The molecule has 0 saturated heterocycles. The maximum Gasteiger partial charge on any atom is 0.255 e. The SMILES string of the molecule is O=C(Nc1cccc(Cl)c1)c1cccc(S(=O)(=O)NCc2ccco2)c1. The van der Waals surface area contributed by atoms with Crippen LogP contribution in [0.15, 0.2) is 76.2 Å². The van der Waals surface area contributed by atoms with Gasteiger partial charge in [-0.1, -0.05) is 23.7 Å². The third-order valence-electron chi connectivity index (χ3n) is 3.51. The molecule has 2 aromatic carbocycles. The molecular weight excluding hydrogens is 376 g/mol. The second-order valence-corrected chi connectivity index (χ2v) is 7.60. The van der Waals surface area contributed by atoms with Crippen molar-refractivity contribution in [3.8, 4) is 0 Å². The van der Waals surface area contributed by atoms with Crippen LogP contribution in [-0.2, 0) is 16.6 Å². The van der Waals surface area contributed by atoms with E-state index in [0.717, 1.165) is 0 Å². The summed E-state index contributed by atoms with van der Waals surface area (Å²) in [4.78, 5) is 12.4. The van der Waals surface area contributed by atoms with Gasteiger partial charge in [-0.05, 0) is 48.5 Å². The summed E-state index contributed by atoms with van der Waals surface area (Å²) in [6.45, 7) is 0.0221. The van der Waals surface area contributed by atoms with Crippen molar-refractivity contribution in [1.82, 2.24) is 4.72 Å². The van der Waals surface area contributed by atoms with E-state index in [1.807, 2.05) is 0 Å². The fraction of sp³-hybridized carbons (Fsp3) is 0.0556. The Balaban J connectivity index is 1.75. The number of amides is 1. The molecule has 0 bridgehead atoms. The van der Waals surface area contributed by atoms with Crippen LogP contribution in [0.1, 0.15) is 16.1 Å². The van der Waals surface area contributed by atoms with Crippen LogP contribution < -0.4 is 10.0 Å². The largest absolute Gasteiger partial charge is 0.468 e. The van der Waals surface area contributed by atoms with Crippen LogP contribution in [0, 0.1) is 0 Å². The number of carbonyl (C=O) groups excluding carboxylic acids is 1. The summed E-state index contributed by atoms with van der Waals surface area (Å²) in [5, 5.41) is 3.17. The number of carbonyl (C=O) groups is 1. The van der Waals surface area contributed by atoms with Crippen molar-refractivity contribution in [2.45, 2.75) is 11.4 Å². The van der Waals surface area contributed by atoms with Crippen LogP contribution in [0.5, 0.6) is 0 Å². The average molecular weight is 391 g/mol. The van der Waals surface area contributed by atoms with E-state index in [9.17, 15) is 13.2 Å². The van der Waals surface area contributed by atoms with Gasteiger partial charge in [-0.3, -0.25) is 4.79 Å². The smallest absolute Gasteiger partial charge is 0.255 e. The second kappa shape index (κ2) is 7.74. The number of furan rings is 1. The summed E-state index contributed by atoms with van der Waals surface area (Å²) < 4.78 is 32.3. The van der Waals surface area contributed by atoms with Crippen molar-refractivity contribution >= 4 is 33.2 Å². The van der Waals surface area contributed by atoms with E-state index >= 15 is 0 Å². The van der Waals surface area contributed by atoms with Crippen LogP contribution in [0.3, 0.4) is 0 Å². The van der Waals surface area contributed by atoms with Crippen molar-refractivity contribution in [1.29, 1.82) is 0 Å². The number of halogens is 1. The van der Waals surface area contributed by atoms with Crippen LogP contribution in [0.25, 0.3) is 0 Å². The molecule has 0 aliphatic rings. The summed E-state index contributed by atoms with van der Waals surface area (Å²) in [5.74, 6) is 0.0544. The molecule has 2 N–H and O–H groups in total. The molecule has 1 aromatic heterocycles. The van der Waals surface area contributed by atoms with E-state index < -0.39 is 15.9 Å². The lowest BCUT2D eigenvalue weighted by molar-refractivity contribution is 0.102. The molecule has 0 atom stereocenters. The maximum atomic E-state index is 12.4. The van der Waals surface area contributed by atoms with Gasteiger partial charge in [-0.2, -0.15) is 0 Å². The Morgan fingerprint density at radius 3 is 2.58 bits per heavy atom. The number of benzene rings is 2. The minimum absolute atomic E-state index is 0.0113. The quantitative estimate of drug-likeness (QED) is 0.672. The molecule has 1 amide bonds. The molecule has 0 spiro atoms. The van der Waals surface area contributed by atoms with E-state index in [4.69, 9.17) is 16.0 Å². The van der Waals surface area contributed by atoms with Gasteiger partial charge in [-0.25, -0.2) is 13.1 Å². The summed E-state index contributed by atoms with van der Waals surface area (Å²) in [6.07, 6.45) is 1.46. The van der Waals surface area contributed by atoms with Gasteiger partial charge in [0.25, 0.3) is 5.91 Å². The van der Waals surface area contributed by atoms with E-state index in [0.29, 0.717) is 16.5 Å². The van der Waals surface area contributed by atoms with Crippen molar-refractivity contribution < 1.29 is 17.6 Å². The normalized spacial score (nSPS) is 11.3.